The number of nitrogens with zero attached hydrogens (tertiary/aromatic N) is 1. The van der Waals surface area contributed by atoms with Gasteiger partial charge in [0.1, 0.15) is 10.0 Å². The molecule has 0 aliphatic rings. The maximum atomic E-state index is 2.35. The summed E-state index contributed by atoms with van der Waals surface area (Å²) >= 11 is 5.87. The summed E-state index contributed by atoms with van der Waals surface area (Å²) < 4.78 is 1.25. The van der Waals surface area contributed by atoms with Gasteiger partial charge in [0.25, 0.3) is 0 Å². The Morgan fingerprint density at radius 3 is 2.00 bits per heavy atom. The van der Waals surface area contributed by atoms with E-state index in [4.69, 9.17) is 0 Å². The van der Waals surface area contributed by atoms with Crippen LogP contribution in [0.25, 0.3) is 0 Å². The molecule has 0 aliphatic heterocycles. The van der Waals surface area contributed by atoms with Crippen molar-refractivity contribution in [1.29, 1.82) is 0 Å². The number of hydrogen-bond donors (Lipinski definition) is 0. The maximum Gasteiger partial charge on any atom is 0.101 e. The molecule has 0 saturated carbocycles. The van der Waals surface area contributed by atoms with Gasteiger partial charge in [0.15, 0.2) is 0 Å². The number of rotatable bonds is 3. The summed E-state index contributed by atoms with van der Waals surface area (Å²) in [7, 11) is 0. The Bertz CT molecular complexity index is 583. The molecule has 0 fully saturated rings. The summed E-state index contributed by atoms with van der Waals surface area (Å²) in [5.41, 5.74) is 1.21. The first-order chi connectivity index (χ1) is 8.84. The number of anilines is 3. The van der Waals surface area contributed by atoms with E-state index in [2.05, 4.69) is 86.8 Å². The van der Waals surface area contributed by atoms with Crippen LogP contribution in [0.1, 0.15) is 0 Å². The van der Waals surface area contributed by atoms with E-state index in [1.807, 2.05) is 0 Å². The lowest BCUT2D eigenvalue weighted by molar-refractivity contribution is 1.35. The molecule has 2 heterocycles. The molecular formula is C14H10INS2. The maximum absolute atomic E-state index is 2.35. The number of halogens is 1. The standard InChI is InChI=1S/C14H10INS2/c15-11-4-1-5-12(10-11)16(13-6-2-8-17-13)14-7-3-9-18-14/h1-10H. The monoisotopic (exact) mass is 383 g/mol. The molecule has 90 valence electrons. The van der Waals surface area contributed by atoms with Crippen molar-refractivity contribution < 1.29 is 0 Å². The van der Waals surface area contributed by atoms with Crippen LogP contribution in [0.2, 0.25) is 0 Å². The molecule has 0 aliphatic carbocycles. The third-order valence-corrected chi connectivity index (χ3v) is 4.90. The average molecular weight is 383 g/mol. The summed E-state index contributed by atoms with van der Waals surface area (Å²) in [5.74, 6) is 0. The Labute approximate surface area is 128 Å². The lowest BCUT2D eigenvalue weighted by atomic mass is 10.3. The molecule has 0 spiro atoms. The fourth-order valence-corrected chi connectivity index (χ4v) is 3.88. The minimum Gasteiger partial charge on any atom is -0.293 e. The zero-order chi connectivity index (χ0) is 12.4. The molecule has 3 rings (SSSR count). The van der Waals surface area contributed by atoms with Gasteiger partial charge in [-0.3, -0.25) is 4.90 Å². The molecule has 0 radical (unpaired) electrons. The second kappa shape index (κ2) is 5.42. The summed E-state index contributed by atoms with van der Waals surface area (Å²) in [6.07, 6.45) is 0. The topological polar surface area (TPSA) is 3.24 Å². The van der Waals surface area contributed by atoms with Crippen molar-refractivity contribution in [2.75, 3.05) is 4.90 Å². The second-order valence-electron chi connectivity index (χ2n) is 3.72. The third kappa shape index (κ3) is 2.46. The zero-order valence-corrected chi connectivity index (χ0v) is 13.2. The Hall–Kier alpha value is -0.850. The van der Waals surface area contributed by atoms with Crippen LogP contribution in [0.3, 0.4) is 0 Å². The predicted molar refractivity (Wildman–Crippen MR) is 89.6 cm³/mol. The number of thiophene rings is 2. The van der Waals surface area contributed by atoms with E-state index >= 15 is 0 Å². The first-order valence-electron chi connectivity index (χ1n) is 5.47. The Balaban J connectivity index is 2.11. The average Bonchev–Trinajstić information content (AvgIpc) is 3.02. The molecule has 0 unspecified atom stereocenters. The van der Waals surface area contributed by atoms with Crippen LogP contribution < -0.4 is 4.90 Å². The van der Waals surface area contributed by atoms with Gasteiger partial charge in [0.2, 0.25) is 0 Å². The van der Waals surface area contributed by atoms with Gasteiger partial charge in [-0.2, -0.15) is 0 Å². The van der Waals surface area contributed by atoms with E-state index in [0.717, 1.165) is 0 Å². The van der Waals surface area contributed by atoms with E-state index in [1.165, 1.54) is 19.3 Å². The largest absolute Gasteiger partial charge is 0.293 e. The highest BCUT2D eigenvalue weighted by molar-refractivity contribution is 14.1. The molecular weight excluding hydrogens is 373 g/mol. The molecule has 1 nitrogen and oxygen atoms in total. The lowest BCUT2D eigenvalue weighted by Crippen LogP contribution is -2.06. The molecule has 18 heavy (non-hydrogen) atoms. The van der Waals surface area contributed by atoms with Crippen molar-refractivity contribution in [1.82, 2.24) is 0 Å². The second-order valence-corrected chi connectivity index (χ2v) is 6.82. The molecule has 0 saturated heterocycles. The summed E-state index contributed by atoms with van der Waals surface area (Å²) in [6.45, 7) is 0. The third-order valence-electron chi connectivity index (χ3n) is 2.52. The van der Waals surface area contributed by atoms with Crippen LogP contribution in [-0.4, -0.2) is 0 Å². The van der Waals surface area contributed by atoms with E-state index in [1.54, 1.807) is 22.7 Å². The molecule has 0 amide bonds. The Morgan fingerprint density at radius 2 is 1.50 bits per heavy atom. The van der Waals surface area contributed by atoms with Crippen molar-refractivity contribution in [2.45, 2.75) is 0 Å². The molecule has 0 N–H and O–H groups in total. The minimum atomic E-state index is 1.21. The van der Waals surface area contributed by atoms with Crippen molar-refractivity contribution in [3.8, 4) is 0 Å². The van der Waals surface area contributed by atoms with Crippen molar-refractivity contribution in [3.05, 3.63) is 62.9 Å². The Morgan fingerprint density at radius 1 is 0.833 bits per heavy atom. The number of benzene rings is 1. The van der Waals surface area contributed by atoms with Gasteiger partial charge in [-0.15, -0.1) is 22.7 Å². The SMILES string of the molecule is Ic1cccc(N(c2cccs2)c2cccs2)c1. The first kappa shape index (κ1) is 12.2. The quantitative estimate of drug-likeness (QED) is 0.510. The molecule has 3 aromatic rings. The van der Waals surface area contributed by atoms with Gasteiger partial charge in [-0.1, -0.05) is 6.07 Å². The zero-order valence-electron chi connectivity index (χ0n) is 9.42. The van der Waals surface area contributed by atoms with E-state index in [9.17, 15) is 0 Å². The fourth-order valence-electron chi connectivity index (χ4n) is 1.77. The molecule has 1 aromatic carbocycles. The van der Waals surface area contributed by atoms with Gasteiger partial charge in [0, 0.05) is 9.26 Å². The smallest absolute Gasteiger partial charge is 0.101 e. The lowest BCUT2D eigenvalue weighted by Gasteiger charge is -2.21. The van der Waals surface area contributed by atoms with Crippen LogP contribution in [0.5, 0.6) is 0 Å². The summed E-state index contributed by atoms with van der Waals surface area (Å²) in [5, 5.41) is 6.73. The van der Waals surface area contributed by atoms with Crippen LogP contribution >= 0.6 is 45.3 Å². The van der Waals surface area contributed by atoms with Crippen molar-refractivity contribution >= 4 is 61.0 Å². The summed E-state index contributed by atoms with van der Waals surface area (Å²) in [4.78, 5) is 2.30. The van der Waals surface area contributed by atoms with Crippen LogP contribution in [0, 0.1) is 3.57 Å². The summed E-state index contributed by atoms with van der Waals surface area (Å²) in [6, 6.07) is 17.1. The molecule has 2 aromatic heterocycles. The highest BCUT2D eigenvalue weighted by Gasteiger charge is 2.13. The van der Waals surface area contributed by atoms with E-state index < -0.39 is 0 Å². The molecule has 4 heteroatoms. The fraction of sp³-hybridized carbons (Fsp3) is 0. The first-order valence-corrected chi connectivity index (χ1v) is 8.31. The Kier molecular flexibility index (Phi) is 3.67. The van der Waals surface area contributed by atoms with Crippen molar-refractivity contribution in [3.63, 3.8) is 0 Å². The highest BCUT2D eigenvalue weighted by atomic mass is 127. The van der Waals surface area contributed by atoms with Gasteiger partial charge in [-0.05, 0) is 75.8 Å². The molecule has 0 atom stereocenters. The van der Waals surface area contributed by atoms with Gasteiger partial charge < -0.3 is 0 Å². The van der Waals surface area contributed by atoms with E-state index in [-0.39, 0.29) is 0 Å². The normalized spacial score (nSPS) is 10.5. The van der Waals surface area contributed by atoms with Crippen LogP contribution in [0.15, 0.2) is 59.3 Å². The molecule has 0 bridgehead atoms. The minimum absolute atomic E-state index is 1.21. The van der Waals surface area contributed by atoms with Gasteiger partial charge in [-0.25, -0.2) is 0 Å². The highest BCUT2D eigenvalue weighted by Crippen LogP contribution is 2.39. The predicted octanol–water partition coefficient (Wildman–Crippen LogP) is 5.88. The van der Waals surface area contributed by atoms with Crippen LogP contribution in [0.4, 0.5) is 15.7 Å². The number of hydrogen-bond acceptors (Lipinski definition) is 3. The van der Waals surface area contributed by atoms with Crippen molar-refractivity contribution in [2.24, 2.45) is 0 Å². The van der Waals surface area contributed by atoms with Gasteiger partial charge in [0.05, 0.1) is 0 Å². The van der Waals surface area contributed by atoms with Gasteiger partial charge >= 0.3 is 0 Å². The van der Waals surface area contributed by atoms with Crippen LogP contribution in [-0.2, 0) is 0 Å². The van der Waals surface area contributed by atoms with E-state index in [0.29, 0.717) is 0 Å².